The van der Waals surface area contributed by atoms with E-state index in [1.165, 1.54) is 7.11 Å². The van der Waals surface area contributed by atoms with Crippen molar-refractivity contribution in [3.05, 3.63) is 15.5 Å². The summed E-state index contributed by atoms with van der Waals surface area (Å²) < 4.78 is 29.5. The lowest BCUT2D eigenvalue weighted by Gasteiger charge is -2.09. The van der Waals surface area contributed by atoms with Gasteiger partial charge in [0.1, 0.15) is 9.26 Å². The highest BCUT2D eigenvalue weighted by Gasteiger charge is 2.20. The van der Waals surface area contributed by atoms with Gasteiger partial charge in [-0.1, -0.05) is 0 Å². The van der Waals surface area contributed by atoms with E-state index in [9.17, 15) is 8.78 Å². The normalized spacial score (nSPS) is 10.5. The second-order valence-corrected chi connectivity index (χ2v) is 3.26. The van der Waals surface area contributed by atoms with Gasteiger partial charge in [-0.2, -0.15) is 0 Å². The molecule has 1 aromatic rings. The molecular weight excluding hydrogens is 295 g/mol. The third kappa shape index (κ3) is 1.98. The first-order valence-corrected chi connectivity index (χ1v) is 4.35. The molecule has 1 rings (SSSR count). The zero-order valence-electron chi connectivity index (χ0n) is 6.59. The van der Waals surface area contributed by atoms with Gasteiger partial charge >= 0.3 is 0 Å². The Morgan fingerprint density at radius 1 is 1.62 bits per heavy atom. The largest absolute Gasteiger partial charge is 0.505 e. The molecule has 0 amide bonds. The molecule has 0 radical (unpaired) electrons. The van der Waals surface area contributed by atoms with Gasteiger partial charge in [0, 0.05) is 0 Å². The molecule has 0 spiro atoms. The van der Waals surface area contributed by atoms with Crippen molar-refractivity contribution >= 4 is 22.6 Å². The molecule has 0 aliphatic heterocycles. The second kappa shape index (κ2) is 4.03. The molecule has 1 N–H and O–H groups in total. The molecule has 0 saturated carbocycles. The summed E-state index contributed by atoms with van der Waals surface area (Å²) in [4.78, 5) is 3.38. The lowest BCUT2D eigenvalue weighted by Crippen LogP contribution is -1.98. The molecule has 13 heavy (non-hydrogen) atoms. The number of halogens is 3. The van der Waals surface area contributed by atoms with Crippen molar-refractivity contribution in [2.45, 2.75) is 6.43 Å². The minimum atomic E-state index is -2.70. The van der Waals surface area contributed by atoms with Gasteiger partial charge < -0.3 is 9.84 Å². The van der Waals surface area contributed by atoms with Crippen LogP contribution in [0.2, 0.25) is 0 Å². The average molecular weight is 301 g/mol. The summed E-state index contributed by atoms with van der Waals surface area (Å²) in [7, 11) is 1.25. The van der Waals surface area contributed by atoms with E-state index >= 15 is 0 Å². The van der Waals surface area contributed by atoms with Crippen LogP contribution in [0.1, 0.15) is 12.1 Å². The van der Waals surface area contributed by atoms with Crippen molar-refractivity contribution in [3.8, 4) is 11.5 Å². The smallest absolute Gasteiger partial charge is 0.284 e. The Labute approximate surface area is 86.9 Å². The maximum absolute atomic E-state index is 12.3. The van der Waals surface area contributed by atoms with Crippen LogP contribution in [-0.4, -0.2) is 17.2 Å². The molecule has 3 nitrogen and oxygen atoms in total. The minimum Gasteiger partial charge on any atom is -0.505 e. The molecule has 0 aliphatic carbocycles. The highest BCUT2D eigenvalue weighted by Crippen LogP contribution is 2.35. The number of hydrogen-bond acceptors (Lipinski definition) is 3. The van der Waals surface area contributed by atoms with Gasteiger partial charge in [-0.25, -0.2) is 13.8 Å². The van der Waals surface area contributed by atoms with Gasteiger partial charge in [0.25, 0.3) is 6.43 Å². The Balaban J connectivity index is 3.30. The topological polar surface area (TPSA) is 42.4 Å². The third-order valence-electron chi connectivity index (χ3n) is 1.39. The lowest BCUT2D eigenvalue weighted by molar-refractivity contribution is 0.141. The first kappa shape index (κ1) is 10.4. The van der Waals surface area contributed by atoms with E-state index < -0.39 is 12.1 Å². The van der Waals surface area contributed by atoms with Gasteiger partial charge in [0.2, 0.25) is 0 Å². The number of aromatic hydroxyl groups is 1. The quantitative estimate of drug-likeness (QED) is 0.853. The Kier molecular flexibility index (Phi) is 3.23. The van der Waals surface area contributed by atoms with Crippen molar-refractivity contribution in [1.29, 1.82) is 0 Å². The van der Waals surface area contributed by atoms with E-state index in [-0.39, 0.29) is 15.1 Å². The number of pyridine rings is 1. The molecule has 0 saturated heterocycles. The van der Waals surface area contributed by atoms with Gasteiger partial charge in [-0.15, -0.1) is 0 Å². The van der Waals surface area contributed by atoms with E-state index in [0.717, 1.165) is 6.20 Å². The van der Waals surface area contributed by atoms with E-state index in [4.69, 9.17) is 9.84 Å². The summed E-state index contributed by atoms with van der Waals surface area (Å²) in [6.45, 7) is 0. The Bertz CT molecular complexity index is 320. The van der Waals surface area contributed by atoms with Gasteiger partial charge in [-0.05, 0) is 22.6 Å². The van der Waals surface area contributed by atoms with Crippen LogP contribution in [0.5, 0.6) is 11.5 Å². The van der Waals surface area contributed by atoms with Crippen molar-refractivity contribution in [2.24, 2.45) is 0 Å². The summed E-state index contributed by atoms with van der Waals surface area (Å²) >= 11 is 1.72. The second-order valence-electron chi connectivity index (χ2n) is 2.18. The van der Waals surface area contributed by atoms with Crippen molar-refractivity contribution in [3.63, 3.8) is 0 Å². The molecular formula is C7H6F2INO2. The molecule has 6 heteroatoms. The minimum absolute atomic E-state index is 0.0735. The highest BCUT2D eigenvalue weighted by atomic mass is 127. The number of aromatic nitrogens is 1. The zero-order chi connectivity index (χ0) is 10.0. The summed E-state index contributed by atoms with van der Waals surface area (Å²) in [5, 5.41) is 9.14. The van der Waals surface area contributed by atoms with E-state index in [0.29, 0.717) is 0 Å². The lowest BCUT2D eigenvalue weighted by atomic mass is 10.3. The predicted octanol–water partition coefficient (Wildman–Crippen LogP) is 2.34. The Morgan fingerprint density at radius 2 is 2.23 bits per heavy atom. The molecule has 0 aromatic carbocycles. The SMILES string of the molecule is COc1c(C(F)F)ncc(O)c1I. The monoisotopic (exact) mass is 301 g/mol. The zero-order valence-corrected chi connectivity index (χ0v) is 8.75. The standard InChI is InChI=1S/C7H6F2INO2/c1-13-6-4(10)3(12)2-11-5(6)7(8)9/h2,7,12H,1H3. The fourth-order valence-electron chi connectivity index (χ4n) is 0.824. The average Bonchev–Trinajstić information content (AvgIpc) is 2.09. The molecule has 0 bridgehead atoms. The first-order chi connectivity index (χ1) is 6.07. The van der Waals surface area contributed by atoms with Crippen LogP contribution in [0.15, 0.2) is 6.20 Å². The van der Waals surface area contributed by atoms with Crippen LogP contribution < -0.4 is 4.74 Å². The summed E-state index contributed by atoms with van der Waals surface area (Å²) in [5.74, 6) is -0.238. The van der Waals surface area contributed by atoms with E-state index in [1.807, 2.05) is 0 Å². The molecule has 0 unspecified atom stereocenters. The number of nitrogens with zero attached hydrogens (tertiary/aromatic N) is 1. The molecule has 1 heterocycles. The molecule has 1 aromatic heterocycles. The maximum atomic E-state index is 12.3. The highest BCUT2D eigenvalue weighted by molar-refractivity contribution is 14.1. The predicted molar refractivity (Wildman–Crippen MR) is 50.1 cm³/mol. The Hall–Kier alpha value is -0.660. The van der Waals surface area contributed by atoms with E-state index in [1.54, 1.807) is 22.6 Å². The van der Waals surface area contributed by atoms with Crippen molar-refractivity contribution in [2.75, 3.05) is 7.11 Å². The van der Waals surface area contributed by atoms with Crippen LogP contribution in [0.4, 0.5) is 8.78 Å². The molecule has 0 fully saturated rings. The van der Waals surface area contributed by atoms with Gasteiger partial charge in [-0.3, -0.25) is 0 Å². The van der Waals surface area contributed by atoms with Crippen molar-refractivity contribution < 1.29 is 18.6 Å². The fraction of sp³-hybridized carbons (Fsp3) is 0.286. The van der Waals surface area contributed by atoms with Crippen LogP contribution in [0, 0.1) is 3.57 Å². The summed E-state index contributed by atoms with van der Waals surface area (Å²) in [6, 6.07) is 0. The summed E-state index contributed by atoms with van der Waals surface area (Å²) in [5.41, 5.74) is -0.454. The number of methoxy groups -OCH3 is 1. The number of ether oxygens (including phenoxy) is 1. The number of alkyl halides is 2. The number of hydrogen-bond donors (Lipinski definition) is 1. The summed E-state index contributed by atoms with van der Waals surface area (Å²) in [6.07, 6.45) is -1.73. The maximum Gasteiger partial charge on any atom is 0.284 e. The number of rotatable bonds is 2. The molecule has 72 valence electrons. The fourth-order valence-corrected chi connectivity index (χ4v) is 1.46. The van der Waals surface area contributed by atoms with Crippen LogP contribution in [-0.2, 0) is 0 Å². The van der Waals surface area contributed by atoms with E-state index in [2.05, 4.69) is 4.98 Å². The third-order valence-corrected chi connectivity index (χ3v) is 2.44. The molecule has 0 atom stereocenters. The van der Waals surface area contributed by atoms with Gasteiger partial charge in [0.05, 0.1) is 13.3 Å². The first-order valence-electron chi connectivity index (χ1n) is 3.27. The van der Waals surface area contributed by atoms with Gasteiger partial charge in [0.15, 0.2) is 11.5 Å². The van der Waals surface area contributed by atoms with Crippen molar-refractivity contribution in [1.82, 2.24) is 4.98 Å². The Morgan fingerprint density at radius 3 is 2.69 bits per heavy atom. The van der Waals surface area contributed by atoms with Crippen LogP contribution in [0.3, 0.4) is 0 Å². The van der Waals surface area contributed by atoms with Crippen LogP contribution >= 0.6 is 22.6 Å². The molecule has 0 aliphatic rings. The van der Waals surface area contributed by atoms with Crippen LogP contribution in [0.25, 0.3) is 0 Å².